The van der Waals surface area contributed by atoms with E-state index in [0.717, 1.165) is 18.8 Å². The van der Waals surface area contributed by atoms with Crippen molar-refractivity contribution in [2.24, 2.45) is 0 Å². The van der Waals surface area contributed by atoms with Gasteiger partial charge in [-0.25, -0.2) is 4.79 Å². The molecular formula is C18H19Cl2N3O. The van der Waals surface area contributed by atoms with Crippen molar-refractivity contribution in [3.63, 3.8) is 0 Å². The van der Waals surface area contributed by atoms with Crippen molar-refractivity contribution >= 4 is 46.3 Å². The van der Waals surface area contributed by atoms with Crippen LogP contribution in [0.4, 0.5) is 21.9 Å². The first-order chi connectivity index (χ1) is 11.6. The maximum Gasteiger partial charge on any atom is 0.323 e. The molecule has 0 aromatic heterocycles. The van der Waals surface area contributed by atoms with Gasteiger partial charge in [0.05, 0.1) is 15.7 Å². The van der Waals surface area contributed by atoms with Crippen LogP contribution in [0.2, 0.25) is 10.0 Å². The van der Waals surface area contributed by atoms with Gasteiger partial charge in [0.2, 0.25) is 0 Å². The van der Waals surface area contributed by atoms with Gasteiger partial charge in [-0.05, 0) is 55.7 Å². The van der Waals surface area contributed by atoms with Gasteiger partial charge in [-0.3, -0.25) is 0 Å². The zero-order valence-electron chi connectivity index (χ0n) is 13.2. The van der Waals surface area contributed by atoms with Gasteiger partial charge in [0.25, 0.3) is 0 Å². The maximum atomic E-state index is 12.1. The number of amides is 2. The Balaban J connectivity index is 1.62. The molecule has 6 heteroatoms. The summed E-state index contributed by atoms with van der Waals surface area (Å²) in [6, 6.07) is 12.6. The summed E-state index contributed by atoms with van der Waals surface area (Å²) in [5, 5.41) is 6.27. The van der Waals surface area contributed by atoms with Crippen LogP contribution in [0, 0.1) is 0 Å². The summed E-state index contributed by atoms with van der Waals surface area (Å²) in [5.41, 5.74) is 2.31. The number of para-hydroxylation sites is 1. The Morgan fingerprint density at radius 2 is 1.50 bits per heavy atom. The average molecular weight is 364 g/mol. The third kappa shape index (κ3) is 4.13. The van der Waals surface area contributed by atoms with Crippen molar-refractivity contribution in [2.75, 3.05) is 28.6 Å². The summed E-state index contributed by atoms with van der Waals surface area (Å²) in [5.74, 6) is 0. The number of hydrogen-bond donors (Lipinski definition) is 2. The Labute approximate surface area is 151 Å². The molecule has 0 bridgehead atoms. The molecule has 2 N–H and O–H groups in total. The number of benzene rings is 2. The Bertz CT molecular complexity index is 692. The second kappa shape index (κ2) is 7.77. The first-order valence-electron chi connectivity index (χ1n) is 8.00. The van der Waals surface area contributed by atoms with E-state index in [2.05, 4.69) is 15.5 Å². The predicted octanol–water partition coefficient (Wildman–Crippen LogP) is 5.63. The standard InChI is InChI=1S/C18H19Cl2N3O/c19-15-5-4-6-16(20)17(15)22-18(24)21-13-7-9-14(10-8-13)23-11-2-1-3-12-23/h4-10H,1-3,11-12H2,(H2,21,22,24). The largest absolute Gasteiger partial charge is 0.372 e. The first kappa shape index (κ1) is 16.9. The molecule has 0 spiro atoms. The van der Waals surface area contributed by atoms with Crippen LogP contribution in [0.1, 0.15) is 19.3 Å². The van der Waals surface area contributed by atoms with Gasteiger partial charge < -0.3 is 15.5 Å². The van der Waals surface area contributed by atoms with Gasteiger partial charge in [0.1, 0.15) is 0 Å². The van der Waals surface area contributed by atoms with E-state index >= 15 is 0 Å². The van der Waals surface area contributed by atoms with Crippen LogP contribution in [-0.2, 0) is 0 Å². The molecule has 24 heavy (non-hydrogen) atoms. The molecule has 4 nitrogen and oxygen atoms in total. The van der Waals surface area contributed by atoms with Crippen molar-refractivity contribution in [3.8, 4) is 0 Å². The monoisotopic (exact) mass is 363 g/mol. The number of carbonyl (C=O) groups excluding carboxylic acids is 1. The van der Waals surface area contributed by atoms with Gasteiger partial charge in [-0.1, -0.05) is 29.3 Å². The highest BCUT2D eigenvalue weighted by molar-refractivity contribution is 6.39. The summed E-state index contributed by atoms with van der Waals surface area (Å²) in [6.07, 6.45) is 3.78. The van der Waals surface area contributed by atoms with Crippen LogP contribution in [0.3, 0.4) is 0 Å². The highest BCUT2D eigenvalue weighted by Crippen LogP contribution is 2.30. The molecular weight excluding hydrogens is 345 g/mol. The summed E-state index contributed by atoms with van der Waals surface area (Å²) in [7, 11) is 0. The molecule has 2 aromatic carbocycles. The number of urea groups is 1. The van der Waals surface area contributed by atoms with Gasteiger partial charge in [0.15, 0.2) is 0 Å². The number of nitrogens with one attached hydrogen (secondary N) is 2. The third-order valence-electron chi connectivity index (χ3n) is 4.05. The van der Waals surface area contributed by atoms with Crippen LogP contribution >= 0.6 is 23.2 Å². The maximum absolute atomic E-state index is 12.1. The Morgan fingerprint density at radius 3 is 2.12 bits per heavy atom. The van der Waals surface area contributed by atoms with Crippen molar-refractivity contribution in [3.05, 3.63) is 52.5 Å². The highest BCUT2D eigenvalue weighted by atomic mass is 35.5. The topological polar surface area (TPSA) is 44.4 Å². The second-order valence-electron chi connectivity index (χ2n) is 5.77. The van der Waals surface area contributed by atoms with Crippen LogP contribution in [0.15, 0.2) is 42.5 Å². The second-order valence-corrected chi connectivity index (χ2v) is 6.58. The quantitative estimate of drug-likeness (QED) is 0.742. The lowest BCUT2D eigenvalue weighted by Crippen LogP contribution is -2.29. The number of hydrogen-bond acceptors (Lipinski definition) is 2. The number of rotatable bonds is 3. The molecule has 1 heterocycles. The Hall–Kier alpha value is -1.91. The van der Waals surface area contributed by atoms with E-state index < -0.39 is 0 Å². The van der Waals surface area contributed by atoms with Crippen molar-refractivity contribution in [1.82, 2.24) is 0 Å². The highest BCUT2D eigenvalue weighted by Gasteiger charge is 2.12. The fraction of sp³-hybridized carbons (Fsp3) is 0.278. The van der Waals surface area contributed by atoms with E-state index in [1.54, 1.807) is 18.2 Å². The smallest absolute Gasteiger partial charge is 0.323 e. The number of piperidine rings is 1. The molecule has 1 aliphatic heterocycles. The molecule has 1 aliphatic rings. The van der Waals surface area contributed by atoms with Crippen LogP contribution in [-0.4, -0.2) is 19.1 Å². The number of carbonyl (C=O) groups is 1. The lowest BCUT2D eigenvalue weighted by molar-refractivity contribution is 0.262. The molecule has 0 saturated carbocycles. The van der Waals surface area contributed by atoms with E-state index in [4.69, 9.17) is 23.2 Å². The van der Waals surface area contributed by atoms with E-state index in [9.17, 15) is 4.79 Å². The minimum Gasteiger partial charge on any atom is -0.372 e. The fourth-order valence-corrected chi connectivity index (χ4v) is 3.29. The van der Waals surface area contributed by atoms with Gasteiger partial charge in [-0.15, -0.1) is 0 Å². The molecule has 0 unspecified atom stereocenters. The first-order valence-corrected chi connectivity index (χ1v) is 8.76. The Kier molecular flexibility index (Phi) is 5.48. The van der Waals surface area contributed by atoms with Crippen LogP contribution in [0.25, 0.3) is 0 Å². The molecule has 2 amide bonds. The lowest BCUT2D eigenvalue weighted by atomic mass is 10.1. The van der Waals surface area contributed by atoms with Crippen LogP contribution < -0.4 is 15.5 Å². The molecule has 1 fully saturated rings. The summed E-state index contributed by atoms with van der Waals surface area (Å²) in [6.45, 7) is 2.19. The van der Waals surface area contributed by atoms with Crippen LogP contribution in [0.5, 0.6) is 0 Å². The van der Waals surface area contributed by atoms with Gasteiger partial charge >= 0.3 is 6.03 Å². The molecule has 1 saturated heterocycles. The molecule has 3 rings (SSSR count). The normalized spacial score (nSPS) is 14.3. The summed E-state index contributed by atoms with van der Waals surface area (Å²) in [4.78, 5) is 14.5. The molecule has 126 valence electrons. The SMILES string of the molecule is O=C(Nc1ccc(N2CCCCC2)cc1)Nc1c(Cl)cccc1Cl. The summed E-state index contributed by atoms with van der Waals surface area (Å²) < 4.78 is 0. The van der Waals surface area contributed by atoms with Gasteiger partial charge in [-0.2, -0.15) is 0 Å². The van der Waals surface area contributed by atoms with E-state index in [-0.39, 0.29) is 6.03 Å². The third-order valence-corrected chi connectivity index (χ3v) is 4.68. The molecule has 0 atom stereocenters. The number of nitrogens with zero attached hydrogens (tertiary/aromatic N) is 1. The number of anilines is 3. The zero-order valence-corrected chi connectivity index (χ0v) is 14.7. The minimum absolute atomic E-state index is 0.379. The molecule has 0 radical (unpaired) electrons. The molecule has 2 aromatic rings. The van der Waals surface area contributed by atoms with E-state index in [0.29, 0.717) is 15.7 Å². The fourth-order valence-electron chi connectivity index (χ4n) is 2.80. The summed E-state index contributed by atoms with van der Waals surface area (Å²) >= 11 is 12.1. The average Bonchev–Trinajstić information content (AvgIpc) is 2.60. The zero-order chi connectivity index (χ0) is 16.9. The Morgan fingerprint density at radius 1 is 0.875 bits per heavy atom. The minimum atomic E-state index is -0.379. The van der Waals surface area contributed by atoms with Crippen molar-refractivity contribution in [1.29, 1.82) is 0 Å². The predicted molar refractivity (Wildman–Crippen MR) is 102 cm³/mol. The lowest BCUT2D eigenvalue weighted by Gasteiger charge is -2.28. The van der Waals surface area contributed by atoms with E-state index in [1.807, 2.05) is 24.3 Å². The number of halogens is 2. The van der Waals surface area contributed by atoms with E-state index in [1.165, 1.54) is 24.9 Å². The van der Waals surface area contributed by atoms with Crippen molar-refractivity contribution in [2.45, 2.75) is 19.3 Å². The molecule has 0 aliphatic carbocycles. The van der Waals surface area contributed by atoms with Gasteiger partial charge in [0, 0.05) is 24.5 Å². The van der Waals surface area contributed by atoms with Crippen molar-refractivity contribution < 1.29 is 4.79 Å².